The van der Waals surface area contributed by atoms with Crippen LogP contribution in [0.1, 0.15) is 22.2 Å². The van der Waals surface area contributed by atoms with Gasteiger partial charge in [0.1, 0.15) is 24.2 Å². The molecule has 0 aliphatic carbocycles. The first-order chi connectivity index (χ1) is 12.5. The summed E-state index contributed by atoms with van der Waals surface area (Å²) in [5.74, 6) is -0.199. The number of carbonyl (C=O) groups excluding carboxylic acids is 1. The summed E-state index contributed by atoms with van der Waals surface area (Å²) in [5.41, 5.74) is 1.37. The molecule has 0 saturated carbocycles. The van der Waals surface area contributed by atoms with Crippen molar-refractivity contribution in [2.75, 3.05) is 20.6 Å². The summed E-state index contributed by atoms with van der Waals surface area (Å²) in [4.78, 5) is 13.8. The molecule has 2 aromatic carbocycles. The van der Waals surface area contributed by atoms with Crippen molar-refractivity contribution in [3.63, 3.8) is 0 Å². The van der Waals surface area contributed by atoms with Gasteiger partial charge in [-0.3, -0.25) is 4.79 Å². The minimum atomic E-state index is -0.382. The van der Waals surface area contributed by atoms with Crippen molar-refractivity contribution in [1.29, 1.82) is 0 Å². The Labute approximate surface area is 152 Å². The average molecular weight is 353 g/mol. The summed E-state index contributed by atoms with van der Waals surface area (Å²) in [6.45, 7) is 0.733. The molecule has 26 heavy (non-hydrogen) atoms. The van der Waals surface area contributed by atoms with Gasteiger partial charge in [0.15, 0.2) is 5.76 Å². The summed E-state index contributed by atoms with van der Waals surface area (Å²) >= 11 is 0. The first kappa shape index (κ1) is 17.9. The van der Waals surface area contributed by atoms with Gasteiger partial charge < -0.3 is 14.6 Å². The lowest BCUT2D eigenvalue weighted by atomic mass is 10.1. The molecule has 3 aromatic rings. The average Bonchev–Trinajstić information content (AvgIpc) is 3.12. The van der Waals surface area contributed by atoms with Crippen LogP contribution in [0.2, 0.25) is 0 Å². The van der Waals surface area contributed by atoms with Crippen molar-refractivity contribution in [1.82, 2.24) is 5.32 Å². The smallest absolute Gasteiger partial charge is 0.287 e. The van der Waals surface area contributed by atoms with Crippen LogP contribution in [0.5, 0.6) is 0 Å². The number of likely N-dealkylation sites (N-methyl/N-ethyl adjacent to an activating group) is 1. The third-order valence-corrected chi connectivity index (χ3v) is 4.09. The molecule has 0 aliphatic rings. The highest BCUT2D eigenvalue weighted by Crippen LogP contribution is 2.25. The Hall–Kier alpha value is -2.92. The van der Waals surface area contributed by atoms with Crippen molar-refractivity contribution < 1.29 is 18.5 Å². The van der Waals surface area contributed by atoms with E-state index in [1.165, 1.54) is 11.0 Å². The van der Waals surface area contributed by atoms with E-state index in [0.29, 0.717) is 11.3 Å². The molecule has 1 amide bonds. The molecule has 0 unspecified atom stereocenters. The molecule has 0 fully saturated rings. The second-order valence-corrected chi connectivity index (χ2v) is 6.49. The van der Waals surface area contributed by atoms with Crippen LogP contribution in [0.4, 0.5) is 4.39 Å². The van der Waals surface area contributed by atoms with Crippen molar-refractivity contribution in [3.05, 3.63) is 83.9 Å². The molecule has 134 valence electrons. The standard InChI is InChI=1S/C21H21FN2O2/c1-24(2)14-18(15-8-4-3-5-9-15)23-21(25)20-13-12-19(26-20)16-10-6-7-11-17(16)22/h3-13,18H,14H2,1-2H3,(H,23,25)/p+1/t18-/m1/s1. The normalized spacial score (nSPS) is 12.2. The first-order valence-electron chi connectivity index (χ1n) is 8.54. The lowest BCUT2D eigenvalue weighted by molar-refractivity contribution is -0.860. The Morgan fingerprint density at radius 2 is 1.73 bits per heavy atom. The molecule has 1 aromatic heterocycles. The number of benzene rings is 2. The summed E-state index contributed by atoms with van der Waals surface area (Å²) in [5, 5.41) is 3.01. The maximum atomic E-state index is 13.9. The topological polar surface area (TPSA) is 46.7 Å². The summed E-state index contributed by atoms with van der Waals surface area (Å²) in [6, 6.07) is 19.2. The van der Waals surface area contributed by atoms with Gasteiger partial charge in [0.2, 0.25) is 0 Å². The van der Waals surface area contributed by atoms with E-state index in [1.807, 2.05) is 44.4 Å². The zero-order chi connectivity index (χ0) is 18.5. The number of nitrogens with one attached hydrogen (secondary N) is 2. The second kappa shape index (κ2) is 7.97. The predicted octanol–water partition coefficient (Wildman–Crippen LogP) is 2.70. The van der Waals surface area contributed by atoms with E-state index in [0.717, 1.165) is 12.1 Å². The van der Waals surface area contributed by atoms with Gasteiger partial charge >= 0.3 is 0 Å². The Bertz CT molecular complexity index is 874. The summed E-state index contributed by atoms with van der Waals surface area (Å²) < 4.78 is 19.5. The zero-order valence-electron chi connectivity index (χ0n) is 14.8. The van der Waals surface area contributed by atoms with Crippen molar-refractivity contribution in [2.24, 2.45) is 0 Å². The highest BCUT2D eigenvalue weighted by atomic mass is 19.1. The van der Waals surface area contributed by atoms with Crippen LogP contribution in [0.15, 0.2) is 71.1 Å². The number of hydrogen-bond donors (Lipinski definition) is 2. The molecular weight excluding hydrogens is 331 g/mol. The van der Waals surface area contributed by atoms with Gasteiger partial charge in [-0.25, -0.2) is 4.39 Å². The van der Waals surface area contributed by atoms with E-state index in [9.17, 15) is 9.18 Å². The number of rotatable bonds is 6. The molecule has 5 heteroatoms. The fraction of sp³-hybridized carbons (Fsp3) is 0.190. The Morgan fingerprint density at radius 3 is 2.42 bits per heavy atom. The van der Waals surface area contributed by atoms with Gasteiger partial charge in [-0.2, -0.15) is 0 Å². The molecule has 2 N–H and O–H groups in total. The Kier molecular flexibility index (Phi) is 5.49. The van der Waals surface area contributed by atoms with Crippen LogP contribution < -0.4 is 10.2 Å². The molecule has 3 rings (SSSR count). The lowest BCUT2D eigenvalue weighted by Crippen LogP contribution is -3.06. The minimum Gasteiger partial charge on any atom is -0.451 e. The van der Waals surface area contributed by atoms with E-state index in [2.05, 4.69) is 5.32 Å². The molecule has 4 nitrogen and oxygen atoms in total. The van der Waals surface area contributed by atoms with Gasteiger partial charge in [0, 0.05) is 0 Å². The number of carbonyl (C=O) groups is 1. The van der Waals surface area contributed by atoms with E-state index in [-0.39, 0.29) is 23.5 Å². The maximum Gasteiger partial charge on any atom is 0.287 e. The van der Waals surface area contributed by atoms with Crippen LogP contribution >= 0.6 is 0 Å². The summed E-state index contributed by atoms with van der Waals surface area (Å²) in [6.07, 6.45) is 0. The lowest BCUT2D eigenvalue weighted by Gasteiger charge is -2.20. The largest absolute Gasteiger partial charge is 0.451 e. The van der Waals surface area contributed by atoms with Crippen LogP contribution in [0, 0.1) is 5.82 Å². The minimum absolute atomic E-state index is 0.143. The van der Waals surface area contributed by atoms with E-state index in [1.54, 1.807) is 30.3 Å². The number of quaternary nitrogens is 1. The molecule has 0 radical (unpaired) electrons. The van der Waals surface area contributed by atoms with Gasteiger partial charge in [-0.1, -0.05) is 42.5 Å². The van der Waals surface area contributed by atoms with Crippen molar-refractivity contribution >= 4 is 5.91 Å². The molecule has 1 atom stereocenters. The zero-order valence-corrected chi connectivity index (χ0v) is 14.8. The van der Waals surface area contributed by atoms with Gasteiger partial charge in [0.25, 0.3) is 5.91 Å². The van der Waals surface area contributed by atoms with Crippen LogP contribution in [0.25, 0.3) is 11.3 Å². The van der Waals surface area contributed by atoms with E-state index in [4.69, 9.17) is 4.42 Å². The van der Waals surface area contributed by atoms with E-state index >= 15 is 0 Å². The Balaban J connectivity index is 1.79. The van der Waals surface area contributed by atoms with E-state index < -0.39 is 0 Å². The van der Waals surface area contributed by atoms with Gasteiger partial charge in [-0.15, -0.1) is 0 Å². The third kappa shape index (κ3) is 4.18. The third-order valence-electron chi connectivity index (χ3n) is 4.09. The highest BCUT2D eigenvalue weighted by molar-refractivity contribution is 5.92. The van der Waals surface area contributed by atoms with Crippen LogP contribution in [0.3, 0.4) is 0 Å². The predicted molar refractivity (Wildman–Crippen MR) is 98.4 cm³/mol. The summed E-state index contributed by atoms with van der Waals surface area (Å²) in [7, 11) is 4.07. The molecule has 0 spiro atoms. The van der Waals surface area contributed by atoms with Crippen molar-refractivity contribution in [3.8, 4) is 11.3 Å². The van der Waals surface area contributed by atoms with Crippen LogP contribution in [-0.4, -0.2) is 26.5 Å². The number of amides is 1. The monoisotopic (exact) mass is 353 g/mol. The number of furan rings is 1. The molecule has 0 bridgehead atoms. The van der Waals surface area contributed by atoms with Crippen molar-refractivity contribution in [2.45, 2.75) is 6.04 Å². The van der Waals surface area contributed by atoms with Gasteiger partial charge in [-0.05, 0) is 29.8 Å². The fourth-order valence-electron chi connectivity index (χ4n) is 2.84. The molecule has 1 heterocycles. The number of halogens is 1. The first-order valence-corrected chi connectivity index (χ1v) is 8.54. The highest BCUT2D eigenvalue weighted by Gasteiger charge is 2.21. The van der Waals surface area contributed by atoms with Crippen LogP contribution in [-0.2, 0) is 0 Å². The SMILES string of the molecule is C[NH+](C)C[C@@H](NC(=O)c1ccc(-c2ccccc2F)o1)c1ccccc1. The fourth-order valence-corrected chi connectivity index (χ4v) is 2.84. The molecular formula is C21H22FN2O2+. The maximum absolute atomic E-state index is 13.9. The molecule has 0 aliphatic heterocycles. The Morgan fingerprint density at radius 1 is 1.04 bits per heavy atom. The van der Waals surface area contributed by atoms with Gasteiger partial charge in [0.05, 0.1) is 19.7 Å². The molecule has 0 saturated heterocycles. The number of hydrogen-bond acceptors (Lipinski definition) is 2. The second-order valence-electron chi connectivity index (χ2n) is 6.49. The quantitative estimate of drug-likeness (QED) is 0.716.